The Balaban J connectivity index is 1.69. The minimum Gasteiger partial charge on any atom is -0.366 e. The van der Waals surface area contributed by atoms with Gasteiger partial charge in [0.15, 0.2) is 0 Å². The zero-order chi connectivity index (χ0) is 18.5. The molecule has 26 heavy (non-hydrogen) atoms. The summed E-state index contributed by atoms with van der Waals surface area (Å²) < 4.78 is 12.9. The normalized spacial score (nSPS) is 10.4. The Bertz CT molecular complexity index is 925. The van der Waals surface area contributed by atoms with Crippen LogP contribution in [0.15, 0.2) is 54.9 Å². The van der Waals surface area contributed by atoms with Crippen LogP contribution in [0.4, 0.5) is 15.9 Å². The Labute approximate surface area is 151 Å². The minimum atomic E-state index is -0.300. The molecular weight excluding hydrogens is 331 g/mol. The van der Waals surface area contributed by atoms with Gasteiger partial charge in [-0.1, -0.05) is 24.3 Å². The van der Waals surface area contributed by atoms with Crippen LogP contribution < -0.4 is 10.6 Å². The first-order valence-corrected chi connectivity index (χ1v) is 8.21. The van der Waals surface area contributed by atoms with Crippen molar-refractivity contribution in [3.05, 3.63) is 83.1 Å². The predicted octanol–water partition coefficient (Wildman–Crippen LogP) is 4.10. The van der Waals surface area contributed by atoms with Gasteiger partial charge in [-0.15, -0.1) is 0 Å². The summed E-state index contributed by atoms with van der Waals surface area (Å²) >= 11 is 0. The summed E-state index contributed by atoms with van der Waals surface area (Å²) in [5.41, 5.74) is 4.06. The van der Waals surface area contributed by atoms with Gasteiger partial charge in [0.2, 0.25) is 0 Å². The number of nitrogens with one attached hydrogen (secondary N) is 2. The lowest BCUT2D eigenvalue weighted by Crippen LogP contribution is -2.15. The Morgan fingerprint density at radius 2 is 1.85 bits per heavy atom. The third-order valence-corrected chi connectivity index (χ3v) is 4.14. The molecule has 0 aliphatic heterocycles. The van der Waals surface area contributed by atoms with Crippen molar-refractivity contribution in [2.24, 2.45) is 0 Å². The van der Waals surface area contributed by atoms with Crippen LogP contribution in [-0.2, 0) is 6.54 Å². The zero-order valence-corrected chi connectivity index (χ0v) is 14.6. The van der Waals surface area contributed by atoms with Crippen LogP contribution in [-0.4, -0.2) is 15.9 Å². The lowest BCUT2D eigenvalue weighted by Gasteiger charge is -2.11. The molecule has 0 saturated heterocycles. The van der Waals surface area contributed by atoms with Crippen molar-refractivity contribution < 1.29 is 9.18 Å². The number of hydrogen-bond donors (Lipinski definition) is 2. The smallest absolute Gasteiger partial charge is 0.274 e. The zero-order valence-electron chi connectivity index (χ0n) is 14.6. The highest BCUT2D eigenvalue weighted by Gasteiger charge is 2.11. The minimum absolute atomic E-state index is 0.266. The standard InChI is InChI=1S/C20H19FN4O/c1-13-4-3-5-17(14(13)2)25-20(26)18-10-19(24-12-23-18)22-11-15-6-8-16(21)9-7-15/h3-10,12H,11H2,1-2H3,(H,25,26)(H,22,23,24). The van der Waals surface area contributed by atoms with E-state index in [1.165, 1.54) is 18.5 Å². The molecular formula is C20H19FN4O. The number of rotatable bonds is 5. The van der Waals surface area contributed by atoms with Crippen LogP contribution in [0.2, 0.25) is 0 Å². The van der Waals surface area contributed by atoms with Gasteiger partial charge in [0.1, 0.15) is 23.7 Å². The molecule has 0 radical (unpaired) electrons. The van der Waals surface area contributed by atoms with E-state index in [4.69, 9.17) is 0 Å². The van der Waals surface area contributed by atoms with E-state index in [1.807, 2.05) is 32.0 Å². The number of carbonyl (C=O) groups excluding carboxylic acids is 1. The number of aryl methyl sites for hydroxylation is 1. The molecule has 3 aromatic rings. The highest BCUT2D eigenvalue weighted by atomic mass is 19.1. The number of halogens is 1. The fourth-order valence-corrected chi connectivity index (χ4v) is 2.45. The van der Waals surface area contributed by atoms with Crippen molar-refractivity contribution in [3.63, 3.8) is 0 Å². The van der Waals surface area contributed by atoms with E-state index in [2.05, 4.69) is 20.6 Å². The largest absolute Gasteiger partial charge is 0.366 e. The SMILES string of the molecule is Cc1cccc(NC(=O)c2cc(NCc3ccc(F)cc3)ncn2)c1C. The first-order valence-electron chi connectivity index (χ1n) is 8.21. The van der Waals surface area contributed by atoms with Gasteiger partial charge in [-0.25, -0.2) is 14.4 Å². The Morgan fingerprint density at radius 1 is 1.08 bits per heavy atom. The maximum Gasteiger partial charge on any atom is 0.274 e. The number of aromatic nitrogens is 2. The van der Waals surface area contributed by atoms with E-state index < -0.39 is 0 Å². The number of carbonyl (C=O) groups is 1. The third-order valence-electron chi connectivity index (χ3n) is 4.14. The second-order valence-electron chi connectivity index (χ2n) is 5.97. The van der Waals surface area contributed by atoms with E-state index in [0.717, 1.165) is 22.4 Å². The van der Waals surface area contributed by atoms with Gasteiger partial charge >= 0.3 is 0 Å². The quantitative estimate of drug-likeness (QED) is 0.727. The molecule has 0 aliphatic rings. The molecule has 0 atom stereocenters. The summed E-state index contributed by atoms with van der Waals surface area (Å²) in [6.45, 7) is 4.42. The molecule has 2 aromatic carbocycles. The van der Waals surface area contributed by atoms with Gasteiger partial charge in [-0.2, -0.15) is 0 Å². The van der Waals surface area contributed by atoms with Gasteiger partial charge in [0.05, 0.1) is 0 Å². The van der Waals surface area contributed by atoms with Gasteiger partial charge < -0.3 is 10.6 Å². The molecule has 1 heterocycles. The van der Waals surface area contributed by atoms with Crippen molar-refractivity contribution in [2.45, 2.75) is 20.4 Å². The molecule has 1 amide bonds. The van der Waals surface area contributed by atoms with Crippen LogP contribution in [0.5, 0.6) is 0 Å². The number of benzene rings is 2. The first kappa shape index (κ1) is 17.5. The van der Waals surface area contributed by atoms with Crippen LogP contribution in [0.25, 0.3) is 0 Å². The van der Waals surface area contributed by atoms with Crippen molar-refractivity contribution >= 4 is 17.4 Å². The van der Waals surface area contributed by atoms with E-state index >= 15 is 0 Å². The summed E-state index contributed by atoms with van der Waals surface area (Å²) in [7, 11) is 0. The Morgan fingerprint density at radius 3 is 2.62 bits per heavy atom. The second kappa shape index (κ2) is 7.74. The van der Waals surface area contributed by atoms with Gasteiger partial charge in [0, 0.05) is 18.3 Å². The van der Waals surface area contributed by atoms with E-state index in [9.17, 15) is 9.18 Å². The maximum atomic E-state index is 12.9. The molecule has 6 heteroatoms. The van der Waals surface area contributed by atoms with Crippen molar-refractivity contribution in [1.29, 1.82) is 0 Å². The highest BCUT2D eigenvalue weighted by Crippen LogP contribution is 2.19. The summed E-state index contributed by atoms with van der Waals surface area (Å²) in [5.74, 6) is -0.0532. The predicted molar refractivity (Wildman–Crippen MR) is 99.6 cm³/mol. The summed E-state index contributed by atoms with van der Waals surface area (Å²) in [6.07, 6.45) is 1.34. The average Bonchev–Trinajstić information content (AvgIpc) is 2.65. The van der Waals surface area contributed by atoms with Crippen LogP contribution in [0, 0.1) is 19.7 Å². The molecule has 0 saturated carbocycles. The highest BCUT2D eigenvalue weighted by molar-refractivity contribution is 6.03. The Hall–Kier alpha value is -3.28. The number of anilines is 2. The lowest BCUT2D eigenvalue weighted by atomic mass is 10.1. The van der Waals surface area contributed by atoms with E-state index in [0.29, 0.717) is 12.4 Å². The molecule has 3 rings (SSSR count). The summed E-state index contributed by atoms with van der Waals surface area (Å²) in [4.78, 5) is 20.6. The average molecular weight is 350 g/mol. The molecule has 132 valence electrons. The molecule has 1 aromatic heterocycles. The van der Waals surface area contributed by atoms with Gasteiger partial charge in [-0.05, 0) is 48.7 Å². The molecule has 0 spiro atoms. The number of hydrogen-bond acceptors (Lipinski definition) is 4. The first-order chi connectivity index (χ1) is 12.5. The van der Waals surface area contributed by atoms with Crippen molar-refractivity contribution in [1.82, 2.24) is 9.97 Å². The number of amides is 1. The lowest BCUT2D eigenvalue weighted by molar-refractivity contribution is 0.102. The maximum absolute atomic E-state index is 12.9. The van der Waals surface area contributed by atoms with E-state index in [-0.39, 0.29) is 17.4 Å². The van der Waals surface area contributed by atoms with Gasteiger partial charge in [0.25, 0.3) is 5.91 Å². The van der Waals surface area contributed by atoms with Crippen molar-refractivity contribution in [2.75, 3.05) is 10.6 Å². The van der Waals surface area contributed by atoms with Gasteiger partial charge in [-0.3, -0.25) is 4.79 Å². The summed E-state index contributed by atoms with van der Waals surface area (Å²) in [5, 5.41) is 5.98. The fraction of sp³-hybridized carbons (Fsp3) is 0.150. The van der Waals surface area contributed by atoms with Crippen LogP contribution >= 0.6 is 0 Å². The molecule has 0 bridgehead atoms. The molecule has 0 fully saturated rings. The fourth-order valence-electron chi connectivity index (χ4n) is 2.45. The van der Waals surface area contributed by atoms with E-state index in [1.54, 1.807) is 18.2 Å². The molecule has 0 unspecified atom stereocenters. The molecule has 0 aliphatic carbocycles. The second-order valence-corrected chi connectivity index (χ2v) is 5.97. The third kappa shape index (κ3) is 4.22. The molecule has 2 N–H and O–H groups in total. The van der Waals surface area contributed by atoms with Crippen LogP contribution in [0.1, 0.15) is 27.2 Å². The Kier molecular flexibility index (Phi) is 5.22. The summed E-state index contributed by atoms with van der Waals surface area (Å²) in [6, 6.07) is 13.5. The number of nitrogens with zero attached hydrogens (tertiary/aromatic N) is 2. The topological polar surface area (TPSA) is 66.9 Å². The van der Waals surface area contributed by atoms with Crippen molar-refractivity contribution in [3.8, 4) is 0 Å². The monoisotopic (exact) mass is 350 g/mol. The van der Waals surface area contributed by atoms with Crippen LogP contribution in [0.3, 0.4) is 0 Å². The molecule has 5 nitrogen and oxygen atoms in total.